The predicted octanol–water partition coefficient (Wildman–Crippen LogP) is 1.25. The van der Waals surface area contributed by atoms with Crippen LogP contribution >= 0.6 is 0 Å². The molecule has 4 N–H and O–H groups in total. The number of hydrogen-bond donors (Lipinski definition) is 2. The molecule has 2 nitrogen and oxygen atoms in total. The van der Waals surface area contributed by atoms with Gasteiger partial charge in [0.05, 0.1) is 0 Å². The lowest BCUT2D eigenvalue weighted by Crippen LogP contribution is -2.01. The van der Waals surface area contributed by atoms with E-state index in [4.69, 9.17) is 11.5 Å². The highest BCUT2D eigenvalue weighted by molar-refractivity contribution is 5.17. The molecule has 0 radical (unpaired) electrons. The predicted molar refractivity (Wildman–Crippen MR) is 43.0 cm³/mol. The zero-order valence-corrected chi connectivity index (χ0v) is 6.14. The molecule has 0 bridgehead atoms. The van der Waals surface area contributed by atoms with Crippen LogP contribution in [0.2, 0.25) is 0 Å². The molecule has 56 valence electrons. The van der Waals surface area contributed by atoms with Crippen LogP contribution < -0.4 is 11.5 Å². The third-order valence-corrected chi connectivity index (χ3v) is 1.92. The summed E-state index contributed by atoms with van der Waals surface area (Å²) in [6, 6.07) is 0. The molecule has 0 atom stereocenters. The maximum absolute atomic E-state index is 5.39. The van der Waals surface area contributed by atoms with Crippen LogP contribution in [-0.2, 0) is 0 Å². The first-order chi connectivity index (χ1) is 4.86. The molecule has 0 aromatic carbocycles. The average Bonchev–Trinajstić information content (AvgIpc) is 2.05. The topological polar surface area (TPSA) is 52.0 Å². The van der Waals surface area contributed by atoms with E-state index in [0.29, 0.717) is 0 Å². The maximum atomic E-state index is 5.39. The molecule has 0 heterocycles. The second kappa shape index (κ2) is 3.30. The fourth-order valence-electron chi connectivity index (χ4n) is 1.30. The molecule has 10 heavy (non-hydrogen) atoms. The van der Waals surface area contributed by atoms with Crippen LogP contribution in [0, 0.1) is 0 Å². The van der Waals surface area contributed by atoms with Crippen molar-refractivity contribution >= 4 is 0 Å². The van der Waals surface area contributed by atoms with Gasteiger partial charge in [0.25, 0.3) is 0 Å². The molecule has 1 aliphatic rings. The monoisotopic (exact) mass is 138 g/mol. The average molecular weight is 138 g/mol. The Morgan fingerprint density at radius 1 is 1.00 bits per heavy atom. The summed E-state index contributed by atoms with van der Waals surface area (Å²) in [5.41, 5.74) is 13.4. The van der Waals surface area contributed by atoms with Crippen molar-refractivity contribution in [2.75, 3.05) is 0 Å². The normalized spacial score (nSPS) is 27.6. The van der Waals surface area contributed by atoms with E-state index < -0.39 is 0 Å². The summed E-state index contributed by atoms with van der Waals surface area (Å²) in [6.45, 7) is 0. The van der Waals surface area contributed by atoms with Crippen molar-refractivity contribution in [3.8, 4) is 0 Å². The molecule has 1 rings (SSSR count). The van der Waals surface area contributed by atoms with Gasteiger partial charge in [-0.1, -0.05) is 11.1 Å². The summed E-state index contributed by atoms with van der Waals surface area (Å²) in [4.78, 5) is 0. The molecule has 0 unspecified atom stereocenters. The molecule has 1 saturated carbocycles. The lowest BCUT2D eigenvalue weighted by Gasteiger charge is -2.15. The molecule has 0 aliphatic heterocycles. The lowest BCUT2D eigenvalue weighted by molar-refractivity contribution is 0.707. The number of allylic oxidation sites excluding steroid dienone is 2. The Morgan fingerprint density at radius 2 is 1.50 bits per heavy atom. The summed E-state index contributed by atoms with van der Waals surface area (Å²) >= 11 is 0. The largest absolute Gasteiger partial charge is 0.405 e. The van der Waals surface area contributed by atoms with Crippen molar-refractivity contribution in [2.24, 2.45) is 11.5 Å². The van der Waals surface area contributed by atoms with Gasteiger partial charge >= 0.3 is 0 Å². The van der Waals surface area contributed by atoms with Crippen LogP contribution in [0.4, 0.5) is 0 Å². The Morgan fingerprint density at radius 3 is 1.90 bits per heavy atom. The summed E-state index contributed by atoms with van der Waals surface area (Å²) in [5, 5.41) is 0. The summed E-state index contributed by atoms with van der Waals surface area (Å²) in [6.07, 6.45) is 7.91. The molecular weight excluding hydrogens is 124 g/mol. The highest BCUT2D eigenvalue weighted by Gasteiger charge is 2.08. The highest BCUT2D eigenvalue weighted by atomic mass is 14.5. The van der Waals surface area contributed by atoms with Gasteiger partial charge in [-0.15, -0.1) is 0 Å². The van der Waals surface area contributed by atoms with E-state index in [1.807, 2.05) is 0 Å². The van der Waals surface area contributed by atoms with E-state index in [0.717, 1.165) is 19.3 Å². The van der Waals surface area contributed by atoms with Gasteiger partial charge < -0.3 is 11.5 Å². The number of nitrogens with two attached hydrogens (primary N) is 2. The number of rotatable bonds is 0. The minimum Gasteiger partial charge on any atom is -0.405 e. The van der Waals surface area contributed by atoms with E-state index in [1.54, 1.807) is 12.4 Å². The van der Waals surface area contributed by atoms with E-state index in [9.17, 15) is 0 Å². The first-order valence-electron chi connectivity index (χ1n) is 3.66. The van der Waals surface area contributed by atoms with Crippen LogP contribution in [0.3, 0.4) is 0 Å². The molecule has 0 saturated heterocycles. The SMILES string of the molecule is NC=C1CCCC(=CN)C1. The first-order valence-corrected chi connectivity index (χ1v) is 3.66. The first kappa shape index (κ1) is 7.19. The second-order valence-electron chi connectivity index (χ2n) is 2.68. The minimum absolute atomic E-state index is 0.993. The molecule has 0 spiro atoms. The Balaban J connectivity index is 2.56. The molecular formula is C8H14N2. The molecule has 1 fully saturated rings. The number of hydrogen-bond acceptors (Lipinski definition) is 2. The van der Waals surface area contributed by atoms with Gasteiger partial charge in [0.2, 0.25) is 0 Å². The smallest absolute Gasteiger partial charge is 0.00672 e. The standard InChI is InChI=1S/C8H14N2/c9-5-7-2-1-3-8(4-7)6-10/h5-6H,1-4,9-10H2. The van der Waals surface area contributed by atoms with Crippen LogP contribution in [0.25, 0.3) is 0 Å². The Hall–Kier alpha value is -0.920. The van der Waals surface area contributed by atoms with Crippen molar-refractivity contribution < 1.29 is 0 Å². The Labute approximate surface area is 61.6 Å². The molecule has 1 aliphatic carbocycles. The van der Waals surface area contributed by atoms with Gasteiger partial charge in [0.1, 0.15) is 0 Å². The summed E-state index contributed by atoms with van der Waals surface area (Å²) in [5.74, 6) is 0. The van der Waals surface area contributed by atoms with Gasteiger partial charge in [-0.3, -0.25) is 0 Å². The second-order valence-corrected chi connectivity index (χ2v) is 2.68. The molecule has 0 amide bonds. The van der Waals surface area contributed by atoms with E-state index in [1.165, 1.54) is 17.6 Å². The van der Waals surface area contributed by atoms with Crippen LogP contribution in [0.1, 0.15) is 25.7 Å². The van der Waals surface area contributed by atoms with Gasteiger partial charge in [-0.2, -0.15) is 0 Å². The summed E-state index contributed by atoms with van der Waals surface area (Å²) in [7, 11) is 0. The van der Waals surface area contributed by atoms with Crippen molar-refractivity contribution in [3.63, 3.8) is 0 Å². The zero-order valence-electron chi connectivity index (χ0n) is 6.14. The van der Waals surface area contributed by atoms with Crippen LogP contribution in [-0.4, -0.2) is 0 Å². The van der Waals surface area contributed by atoms with Gasteiger partial charge in [0, 0.05) is 0 Å². The quantitative estimate of drug-likeness (QED) is 0.529. The minimum atomic E-state index is 0.993. The third-order valence-electron chi connectivity index (χ3n) is 1.92. The van der Waals surface area contributed by atoms with Crippen LogP contribution in [0.5, 0.6) is 0 Å². The highest BCUT2D eigenvalue weighted by Crippen LogP contribution is 2.25. The summed E-state index contributed by atoms with van der Waals surface area (Å²) < 4.78 is 0. The Bertz CT molecular complexity index is 150. The van der Waals surface area contributed by atoms with Gasteiger partial charge in [0.15, 0.2) is 0 Å². The molecule has 0 aromatic heterocycles. The molecule has 0 aromatic rings. The van der Waals surface area contributed by atoms with E-state index in [-0.39, 0.29) is 0 Å². The van der Waals surface area contributed by atoms with Gasteiger partial charge in [-0.25, -0.2) is 0 Å². The zero-order chi connectivity index (χ0) is 7.40. The maximum Gasteiger partial charge on any atom is -0.00672 e. The molecule has 2 heteroatoms. The third kappa shape index (κ3) is 1.53. The fourth-order valence-corrected chi connectivity index (χ4v) is 1.30. The van der Waals surface area contributed by atoms with Crippen molar-refractivity contribution in [1.29, 1.82) is 0 Å². The Kier molecular flexibility index (Phi) is 2.37. The van der Waals surface area contributed by atoms with Crippen molar-refractivity contribution in [2.45, 2.75) is 25.7 Å². The fraction of sp³-hybridized carbons (Fsp3) is 0.500. The van der Waals surface area contributed by atoms with E-state index in [2.05, 4.69) is 0 Å². The van der Waals surface area contributed by atoms with Crippen molar-refractivity contribution in [3.05, 3.63) is 23.5 Å². The van der Waals surface area contributed by atoms with Crippen LogP contribution in [0.15, 0.2) is 23.5 Å². The van der Waals surface area contributed by atoms with Gasteiger partial charge in [-0.05, 0) is 38.1 Å². The lowest BCUT2D eigenvalue weighted by atomic mass is 9.91. The van der Waals surface area contributed by atoms with Crippen molar-refractivity contribution in [1.82, 2.24) is 0 Å². The van der Waals surface area contributed by atoms with E-state index >= 15 is 0 Å².